The van der Waals surface area contributed by atoms with Crippen LogP contribution in [0.2, 0.25) is 0 Å². The van der Waals surface area contributed by atoms with E-state index >= 15 is 0 Å². The molecule has 1 aliphatic heterocycles. The lowest BCUT2D eigenvalue weighted by atomic mass is 9.85. The molecule has 11 heavy (non-hydrogen) atoms. The molecule has 1 N–H and O–H groups in total. The van der Waals surface area contributed by atoms with Crippen molar-refractivity contribution < 1.29 is 9.84 Å². The molecule has 1 saturated carbocycles. The van der Waals surface area contributed by atoms with Crippen molar-refractivity contribution >= 4 is 0 Å². The molecule has 2 nitrogen and oxygen atoms in total. The van der Waals surface area contributed by atoms with Gasteiger partial charge in [0.25, 0.3) is 0 Å². The summed E-state index contributed by atoms with van der Waals surface area (Å²) < 4.78 is 5.48. The monoisotopic (exact) mass is 156 g/mol. The van der Waals surface area contributed by atoms with E-state index < -0.39 is 0 Å². The first-order valence-electron chi connectivity index (χ1n) is 4.51. The van der Waals surface area contributed by atoms with Gasteiger partial charge in [0.15, 0.2) is 0 Å². The topological polar surface area (TPSA) is 29.5 Å². The van der Waals surface area contributed by atoms with Gasteiger partial charge in [0.05, 0.1) is 6.10 Å². The molecule has 2 aliphatic rings. The third-order valence-electron chi connectivity index (χ3n) is 3.37. The summed E-state index contributed by atoms with van der Waals surface area (Å²) in [5.74, 6) is 0.632. The summed E-state index contributed by atoms with van der Waals surface area (Å²) in [7, 11) is 0. The van der Waals surface area contributed by atoms with Gasteiger partial charge >= 0.3 is 0 Å². The number of hydrogen-bond donors (Lipinski definition) is 1. The Morgan fingerprint density at radius 1 is 1.55 bits per heavy atom. The molecule has 2 rings (SSSR count). The minimum absolute atomic E-state index is 0.274. The Labute approximate surface area is 67.6 Å². The van der Waals surface area contributed by atoms with Crippen LogP contribution in [0.1, 0.15) is 26.2 Å². The molecule has 2 heteroatoms. The van der Waals surface area contributed by atoms with E-state index in [0.29, 0.717) is 18.6 Å². The standard InChI is InChI=1S/C9H16O2/c1-7-8(2-5-11-7)9(6-10)3-4-9/h7-8,10H,2-6H2,1H3. The van der Waals surface area contributed by atoms with Crippen molar-refractivity contribution in [2.24, 2.45) is 11.3 Å². The lowest BCUT2D eigenvalue weighted by Crippen LogP contribution is -2.25. The Bertz CT molecular complexity index is 152. The molecule has 0 aromatic heterocycles. The van der Waals surface area contributed by atoms with Gasteiger partial charge < -0.3 is 9.84 Å². The van der Waals surface area contributed by atoms with Gasteiger partial charge in [-0.05, 0) is 37.5 Å². The zero-order valence-electron chi connectivity index (χ0n) is 7.05. The van der Waals surface area contributed by atoms with Gasteiger partial charge in [-0.1, -0.05) is 0 Å². The van der Waals surface area contributed by atoms with Gasteiger partial charge in [-0.15, -0.1) is 0 Å². The molecule has 0 spiro atoms. The quantitative estimate of drug-likeness (QED) is 0.650. The van der Waals surface area contributed by atoms with Crippen molar-refractivity contribution in [1.82, 2.24) is 0 Å². The van der Waals surface area contributed by atoms with E-state index in [9.17, 15) is 5.11 Å². The van der Waals surface area contributed by atoms with Crippen molar-refractivity contribution in [2.75, 3.05) is 13.2 Å². The summed E-state index contributed by atoms with van der Waals surface area (Å²) >= 11 is 0. The fraction of sp³-hybridized carbons (Fsp3) is 1.00. The lowest BCUT2D eigenvalue weighted by molar-refractivity contribution is 0.0649. The Hall–Kier alpha value is -0.0800. The van der Waals surface area contributed by atoms with Crippen molar-refractivity contribution in [3.8, 4) is 0 Å². The predicted octanol–water partition coefficient (Wildman–Crippen LogP) is 1.18. The lowest BCUT2D eigenvalue weighted by Gasteiger charge is -2.22. The minimum atomic E-state index is 0.274. The van der Waals surface area contributed by atoms with Gasteiger partial charge in [-0.2, -0.15) is 0 Å². The summed E-state index contributed by atoms with van der Waals surface area (Å²) in [5.41, 5.74) is 0.274. The maximum Gasteiger partial charge on any atom is 0.0582 e. The average Bonchev–Trinajstić information content (AvgIpc) is 2.70. The molecule has 1 saturated heterocycles. The third-order valence-corrected chi connectivity index (χ3v) is 3.37. The van der Waals surface area contributed by atoms with Crippen LogP contribution in [0.5, 0.6) is 0 Å². The SMILES string of the molecule is CC1OCCC1C1(CO)CC1. The molecule has 1 aliphatic carbocycles. The fourth-order valence-electron chi connectivity index (χ4n) is 2.34. The highest BCUT2D eigenvalue weighted by molar-refractivity contribution is 5.01. The number of hydrogen-bond acceptors (Lipinski definition) is 2. The summed E-state index contributed by atoms with van der Waals surface area (Å²) in [5, 5.41) is 9.18. The molecular formula is C9H16O2. The van der Waals surface area contributed by atoms with Crippen LogP contribution in [0.3, 0.4) is 0 Å². The smallest absolute Gasteiger partial charge is 0.0582 e. The highest BCUT2D eigenvalue weighted by Gasteiger charge is 2.52. The van der Waals surface area contributed by atoms with E-state index in [1.54, 1.807) is 0 Å². The Kier molecular flexibility index (Phi) is 1.69. The molecule has 2 unspecified atom stereocenters. The summed E-state index contributed by atoms with van der Waals surface area (Å²) in [6.07, 6.45) is 3.95. The molecule has 64 valence electrons. The number of aliphatic hydroxyl groups excluding tert-OH is 1. The number of rotatable bonds is 2. The molecule has 2 atom stereocenters. The first-order valence-corrected chi connectivity index (χ1v) is 4.51. The zero-order chi connectivity index (χ0) is 7.90. The molecular weight excluding hydrogens is 140 g/mol. The maximum atomic E-state index is 9.18. The van der Waals surface area contributed by atoms with E-state index in [2.05, 4.69) is 6.92 Å². The maximum absolute atomic E-state index is 9.18. The van der Waals surface area contributed by atoms with Gasteiger partial charge in [0.1, 0.15) is 0 Å². The molecule has 0 aromatic rings. The van der Waals surface area contributed by atoms with Crippen molar-refractivity contribution in [2.45, 2.75) is 32.3 Å². The third kappa shape index (κ3) is 1.09. The van der Waals surface area contributed by atoms with Crippen LogP contribution >= 0.6 is 0 Å². The predicted molar refractivity (Wildman–Crippen MR) is 42.3 cm³/mol. The normalized spacial score (nSPS) is 40.9. The van der Waals surface area contributed by atoms with E-state index in [1.165, 1.54) is 12.8 Å². The van der Waals surface area contributed by atoms with E-state index in [0.717, 1.165) is 13.0 Å². The van der Waals surface area contributed by atoms with Gasteiger partial charge in [-0.3, -0.25) is 0 Å². The summed E-state index contributed by atoms with van der Waals surface area (Å²) in [6, 6.07) is 0. The second kappa shape index (κ2) is 2.46. The fourth-order valence-corrected chi connectivity index (χ4v) is 2.34. The average molecular weight is 156 g/mol. The van der Waals surface area contributed by atoms with Crippen molar-refractivity contribution in [3.05, 3.63) is 0 Å². The second-order valence-electron chi connectivity index (χ2n) is 3.99. The molecule has 1 heterocycles. The summed E-state index contributed by atoms with van der Waals surface area (Å²) in [6.45, 7) is 3.40. The first-order chi connectivity index (χ1) is 5.28. The number of aliphatic hydroxyl groups is 1. The van der Waals surface area contributed by atoms with E-state index in [-0.39, 0.29) is 5.41 Å². The molecule has 0 amide bonds. The van der Waals surface area contributed by atoms with Gasteiger partial charge in [0.2, 0.25) is 0 Å². The van der Waals surface area contributed by atoms with E-state index in [4.69, 9.17) is 4.74 Å². The van der Waals surface area contributed by atoms with E-state index in [1.807, 2.05) is 0 Å². The Morgan fingerprint density at radius 3 is 2.64 bits per heavy atom. The van der Waals surface area contributed by atoms with Crippen LogP contribution in [0.15, 0.2) is 0 Å². The highest BCUT2D eigenvalue weighted by Crippen LogP contribution is 2.55. The first kappa shape index (κ1) is 7.56. The largest absolute Gasteiger partial charge is 0.396 e. The van der Waals surface area contributed by atoms with Crippen LogP contribution in [-0.4, -0.2) is 24.4 Å². The van der Waals surface area contributed by atoms with Crippen molar-refractivity contribution in [1.29, 1.82) is 0 Å². The van der Waals surface area contributed by atoms with Gasteiger partial charge in [-0.25, -0.2) is 0 Å². The number of ether oxygens (including phenoxy) is 1. The van der Waals surface area contributed by atoms with Crippen LogP contribution in [0.4, 0.5) is 0 Å². The highest BCUT2D eigenvalue weighted by atomic mass is 16.5. The van der Waals surface area contributed by atoms with Crippen LogP contribution < -0.4 is 0 Å². The van der Waals surface area contributed by atoms with Crippen LogP contribution in [-0.2, 0) is 4.74 Å². The Balaban J connectivity index is 2.03. The molecule has 0 aromatic carbocycles. The Morgan fingerprint density at radius 2 is 2.27 bits per heavy atom. The molecule has 2 fully saturated rings. The van der Waals surface area contributed by atoms with Crippen molar-refractivity contribution in [3.63, 3.8) is 0 Å². The van der Waals surface area contributed by atoms with Gasteiger partial charge in [0, 0.05) is 13.2 Å². The molecule has 0 bridgehead atoms. The zero-order valence-corrected chi connectivity index (χ0v) is 7.05. The second-order valence-corrected chi connectivity index (χ2v) is 3.99. The molecule has 0 radical (unpaired) electrons. The summed E-state index contributed by atoms with van der Waals surface area (Å²) in [4.78, 5) is 0. The van der Waals surface area contributed by atoms with Crippen LogP contribution in [0.25, 0.3) is 0 Å². The minimum Gasteiger partial charge on any atom is -0.396 e. The van der Waals surface area contributed by atoms with Crippen LogP contribution in [0, 0.1) is 11.3 Å².